The maximum atomic E-state index is 5.38. The van der Waals surface area contributed by atoms with Crippen LogP contribution in [0.25, 0.3) is 0 Å². The number of rotatable bonds is 0. The van der Waals surface area contributed by atoms with Crippen molar-refractivity contribution in [1.82, 2.24) is 4.98 Å². The van der Waals surface area contributed by atoms with Crippen LogP contribution in [-0.2, 0) is 0 Å². The highest BCUT2D eigenvalue weighted by atomic mass is 16.5. The SMILES string of the molecule is Cc1cncc2c1NCCO2. The van der Waals surface area contributed by atoms with E-state index in [0.717, 1.165) is 30.2 Å². The maximum Gasteiger partial charge on any atom is 0.161 e. The number of nitrogens with one attached hydrogen (secondary N) is 1. The van der Waals surface area contributed by atoms with Gasteiger partial charge in [-0.25, -0.2) is 0 Å². The van der Waals surface area contributed by atoms with Crippen LogP contribution in [0.2, 0.25) is 0 Å². The van der Waals surface area contributed by atoms with E-state index in [0.29, 0.717) is 0 Å². The van der Waals surface area contributed by atoms with Gasteiger partial charge >= 0.3 is 0 Å². The standard InChI is InChI=1S/C8H10N2O/c1-6-4-9-5-7-8(6)10-2-3-11-7/h4-5,10H,2-3H2,1H3. The minimum absolute atomic E-state index is 0.734. The average molecular weight is 150 g/mol. The molecular weight excluding hydrogens is 140 g/mol. The molecule has 0 saturated heterocycles. The van der Waals surface area contributed by atoms with Gasteiger partial charge in [-0.3, -0.25) is 4.98 Å². The maximum absolute atomic E-state index is 5.38. The van der Waals surface area contributed by atoms with E-state index >= 15 is 0 Å². The third-order valence-corrected chi connectivity index (χ3v) is 1.76. The summed E-state index contributed by atoms with van der Waals surface area (Å²) in [6, 6.07) is 0. The Hall–Kier alpha value is -1.25. The molecule has 1 aliphatic rings. The number of aryl methyl sites for hydroxylation is 1. The number of nitrogens with zero attached hydrogens (tertiary/aromatic N) is 1. The Bertz CT molecular complexity index is 273. The van der Waals surface area contributed by atoms with Gasteiger partial charge in [0.15, 0.2) is 5.75 Å². The van der Waals surface area contributed by atoms with E-state index in [-0.39, 0.29) is 0 Å². The van der Waals surface area contributed by atoms with Crippen LogP contribution < -0.4 is 10.1 Å². The van der Waals surface area contributed by atoms with Crippen molar-refractivity contribution in [3.8, 4) is 5.75 Å². The second-order valence-corrected chi connectivity index (χ2v) is 2.60. The van der Waals surface area contributed by atoms with E-state index in [1.54, 1.807) is 6.20 Å². The van der Waals surface area contributed by atoms with Gasteiger partial charge in [0.2, 0.25) is 0 Å². The van der Waals surface area contributed by atoms with Crippen LogP contribution in [0, 0.1) is 6.92 Å². The van der Waals surface area contributed by atoms with Crippen molar-refractivity contribution in [2.24, 2.45) is 0 Å². The second-order valence-electron chi connectivity index (χ2n) is 2.60. The van der Waals surface area contributed by atoms with Crippen LogP contribution >= 0.6 is 0 Å². The molecule has 3 heteroatoms. The van der Waals surface area contributed by atoms with Crippen molar-refractivity contribution in [1.29, 1.82) is 0 Å². The van der Waals surface area contributed by atoms with Crippen molar-refractivity contribution in [3.05, 3.63) is 18.0 Å². The first-order valence-electron chi connectivity index (χ1n) is 3.69. The predicted octanol–water partition coefficient (Wildman–Crippen LogP) is 1.19. The molecule has 3 nitrogen and oxygen atoms in total. The summed E-state index contributed by atoms with van der Waals surface area (Å²) in [5, 5.41) is 3.27. The van der Waals surface area contributed by atoms with Gasteiger partial charge in [-0.1, -0.05) is 0 Å². The molecule has 0 saturated carbocycles. The normalized spacial score (nSPS) is 14.6. The topological polar surface area (TPSA) is 34.2 Å². The molecule has 0 radical (unpaired) electrons. The van der Waals surface area contributed by atoms with E-state index in [4.69, 9.17) is 4.74 Å². The van der Waals surface area contributed by atoms with E-state index < -0.39 is 0 Å². The molecule has 0 amide bonds. The van der Waals surface area contributed by atoms with Gasteiger partial charge in [-0.2, -0.15) is 0 Å². The fourth-order valence-corrected chi connectivity index (χ4v) is 1.21. The Labute approximate surface area is 65.4 Å². The number of pyridine rings is 1. The number of ether oxygens (including phenoxy) is 1. The van der Waals surface area contributed by atoms with Crippen molar-refractivity contribution in [3.63, 3.8) is 0 Å². The first-order chi connectivity index (χ1) is 5.38. The highest BCUT2D eigenvalue weighted by Gasteiger charge is 2.10. The summed E-state index contributed by atoms with van der Waals surface area (Å²) in [6.45, 7) is 3.64. The zero-order valence-electron chi connectivity index (χ0n) is 6.42. The van der Waals surface area contributed by atoms with Crippen LogP contribution in [0.1, 0.15) is 5.56 Å². The fraction of sp³-hybridized carbons (Fsp3) is 0.375. The molecule has 1 N–H and O–H groups in total. The van der Waals surface area contributed by atoms with Crippen molar-refractivity contribution < 1.29 is 4.74 Å². The van der Waals surface area contributed by atoms with Crippen molar-refractivity contribution >= 4 is 5.69 Å². The Balaban J connectivity index is 2.49. The molecule has 1 aromatic rings. The van der Waals surface area contributed by atoms with E-state index in [2.05, 4.69) is 10.3 Å². The van der Waals surface area contributed by atoms with E-state index in [1.165, 1.54) is 0 Å². The summed E-state index contributed by atoms with van der Waals surface area (Å²) in [4.78, 5) is 4.03. The van der Waals surface area contributed by atoms with E-state index in [9.17, 15) is 0 Å². The van der Waals surface area contributed by atoms with Gasteiger partial charge in [0, 0.05) is 12.7 Å². The van der Waals surface area contributed by atoms with Crippen LogP contribution in [0.15, 0.2) is 12.4 Å². The molecule has 2 rings (SSSR count). The van der Waals surface area contributed by atoms with Gasteiger partial charge in [0.05, 0.1) is 11.9 Å². The average Bonchev–Trinajstić information content (AvgIpc) is 2.06. The van der Waals surface area contributed by atoms with Gasteiger partial charge in [-0.05, 0) is 12.5 Å². The van der Waals surface area contributed by atoms with Crippen LogP contribution in [0.5, 0.6) is 5.75 Å². The quantitative estimate of drug-likeness (QED) is 0.603. The number of hydrogen-bond donors (Lipinski definition) is 1. The summed E-state index contributed by atoms with van der Waals surface area (Å²) < 4.78 is 5.38. The molecule has 0 fully saturated rings. The molecular formula is C8H10N2O. The molecule has 1 aromatic heterocycles. The number of fused-ring (bicyclic) bond motifs is 1. The summed E-state index contributed by atoms with van der Waals surface area (Å²) in [6.07, 6.45) is 3.58. The number of anilines is 1. The Kier molecular flexibility index (Phi) is 1.42. The lowest BCUT2D eigenvalue weighted by atomic mass is 10.2. The Morgan fingerprint density at radius 1 is 1.55 bits per heavy atom. The van der Waals surface area contributed by atoms with Crippen LogP contribution in [0.4, 0.5) is 5.69 Å². The molecule has 0 aromatic carbocycles. The first kappa shape index (κ1) is 6.46. The molecule has 1 aliphatic heterocycles. The largest absolute Gasteiger partial charge is 0.488 e. The highest BCUT2D eigenvalue weighted by molar-refractivity contribution is 5.61. The lowest BCUT2D eigenvalue weighted by Crippen LogP contribution is -2.18. The molecule has 0 spiro atoms. The zero-order valence-corrected chi connectivity index (χ0v) is 6.42. The van der Waals surface area contributed by atoms with Crippen molar-refractivity contribution in [2.45, 2.75) is 6.92 Å². The minimum Gasteiger partial charge on any atom is -0.488 e. The third kappa shape index (κ3) is 1.02. The smallest absolute Gasteiger partial charge is 0.161 e. The van der Waals surface area contributed by atoms with Gasteiger partial charge in [0.25, 0.3) is 0 Å². The molecule has 0 unspecified atom stereocenters. The Morgan fingerprint density at radius 3 is 3.27 bits per heavy atom. The molecule has 0 bridgehead atoms. The summed E-state index contributed by atoms with van der Waals surface area (Å²) >= 11 is 0. The predicted molar refractivity (Wildman–Crippen MR) is 43.0 cm³/mol. The summed E-state index contributed by atoms with van der Waals surface area (Å²) in [7, 11) is 0. The van der Waals surface area contributed by atoms with Crippen molar-refractivity contribution in [2.75, 3.05) is 18.5 Å². The monoisotopic (exact) mass is 150 g/mol. The van der Waals surface area contributed by atoms with Gasteiger partial charge < -0.3 is 10.1 Å². The lowest BCUT2D eigenvalue weighted by molar-refractivity contribution is 0.321. The fourth-order valence-electron chi connectivity index (χ4n) is 1.21. The number of hydrogen-bond acceptors (Lipinski definition) is 3. The van der Waals surface area contributed by atoms with Crippen LogP contribution in [0.3, 0.4) is 0 Å². The Morgan fingerprint density at radius 2 is 2.45 bits per heavy atom. The second kappa shape index (κ2) is 2.42. The lowest BCUT2D eigenvalue weighted by Gasteiger charge is -2.19. The summed E-state index contributed by atoms with van der Waals surface area (Å²) in [5.74, 6) is 0.872. The highest BCUT2D eigenvalue weighted by Crippen LogP contribution is 2.28. The van der Waals surface area contributed by atoms with E-state index in [1.807, 2.05) is 13.1 Å². The summed E-state index contributed by atoms with van der Waals surface area (Å²) in [5.41, 5.74) is 2.23. The van der Waals surface area contributed by atoms with Gasteiger partial charge in [0.1, 0.15) is 6.61 Å². The third-order valence-electron chi connectivity index (χ3n) is 1.76. The van der Waals surface area contributed by atoms with Crippen LogP contribution in [-0.4, -0.2) is 18.1 Å². The number of aromatic nitrogens is 1. The molecule has 0 aliphatic carbocycles. The molecule has 0 atom stereocenters. The van der Waals surface area contributed by atoms with Gasteiger partial charge in [-0.15, -0.1) is 0 Å². The molecule has 2 heterocycles. The minimum atomic E-state index is 0.734. The molecule has 11 heavy (non-hydrogen) atoms. The zero-order chi connectivity index (χ0) is 7.68. The molecule has 58 valence electrons. The first-order valence-corrected chi connectivity index (χ1v) is 3.69.